The molecule has 1 aliphatic carbocycles. The quantitative estimate of drug-likeness (QED) is 0.747. The Morgan fingerprint density at radius 2 is 1.83 bits per heavy atom. The van der Waals surface area contributed by atoms with Crippen LogP contribution in [0.25, 0.3) is 22.2 Å². The van der Waals surface area contributed by atoms with Crippen LogP contribution in [-0.4, -0.2) is 15.2 Å². The summed E-state index contributed by atoms with van der Waals surface area (Å²) in [6.45, 7) is 0. The molecule has 3 N–H and O–H groups in total. The Morgan fingerprint density at radius 3 is 2.43 bits per heavy atom. The molecule has 0 radical (unpaired) electrons. The molecular weight excluding hydrogens is 305 g/mol. The minimum Gasteiger partial charge on any atom is -0.383 e. The van der Waals surface area contributed by atoms with E-state index in [2.05, 4.69) is 15.2 Å². The first-order valence-electron chi connectivity index (χ1n) is 7.25. The van der Waals surface area contributed by atoms with Crippen molar-refractivity contribution in [2.24, 2.45) is 0 Å². The average molecular weight is 318 g/mol. The summed E-state index contributed by atoms with van der Waals surface area (Å²) in [6.07, 6.45) is -2.20. The Bertz CT molecular complexity index is 877. The first-order chi connectivity index (χ1) is 10.9. The van der Waals surface area contributed by atoms with Gasteiger partial charge in [0, 0.05) is 11.6 Å². The topological polar surface area (TPSA) is 67.6 Å². The fourth-order valence-corrected chi connectivity index (χ4v) is 2.72. The van der Waals surface area contributed by atoms with E-state index in [9.17, 15) is 13.2 Å². The van der Waals surface area contributed by atoms with Gasteiger partial charge in [0.05, 0.1) is 10.9 Å². The second-order valence-corrected chi connectivity index (χ2v) is 5.78. The molecule has 1 aliphatic rings. The molecule has 0 atom stereocenters. The Morgan fingerprint density at radius 1 is 1.13 bits per heavy atom. The molecule has 0 bridgehead atoms. The van der Waals surface area contributed by atoms with Crippen LogP contribution in [0.3, 0.4) is 0 Å². The summed E-state index contributed by atoms with van der Waals surface area (Å²) in [5, 5.41) is 7.43. The monoisotopic (exact) mass is 318 g/mol. The zero-order chi connectivity index (χ0) is 16.2. The van der Waals surface area contributed by atoms with Crippen LogP contribution in [0.1, 0.15) is 30.0 Å². The number of H-pyrrole nitrogens is 1. The van der Waals surface area contributed by atoms with Crippen LogP contribution in [0.5, 0.6) is 0 Å². The van der Waals surface area contributed by atoms with Crippen molar-refractivity contribution < 1.29 is 13.2 Å². The molecule has 118 valence electrons. The van der Waals surface area contributed by atoms with E-state index < -0.39 is 11.7 Å². The van der Waals surface area contributed by atoms with Crippen molar-refractivity contribution in [3.05, 3.63) is 41.6 Å². The molecule has 4 rings (SSSR count). The van der Waals surface area contributed by atoms with Crippen LogP contribution in [0, 0.1) is 0 Å². The fourth-order valence-electron chi connectivity index (χ4n) is 2.72. The van der Waals surface area contributed by atoms with Gasteiger partial charge in [-0.15, -0.1) is 0 Å². The van der Waals surface area contributed by atoms with Gasteiger partial charge in [0.1, 0.15) is 5.82 Å². The van der Waals surface area contributed by atoms with Crippen molar-refractivity contribution in [1.29, 1.82) is 0 Å². The fraction of sp³-hybridized carbons (Fsp3) is 0.250. The summed E-state index contributed by atoms with van der Waals surface area (Å²) < 4.78 is 38.2. The number of nitrogens with zero attached hydrogens (tertiary/aromatic N) is 2. The normalized spacial score (nSPS) is 15.3. The molecule has 1 aromatic carbocycles. The number of hydrogen-bond acceptors (Lipinski definition) is 3. The highest BCUT2D eigenvalue weighted by atomic mass is 19.4. The zero-order valence-corrected chi connectivity index (χ0v) is 12.0. The molecule has 3 aromatic rings. The van der Waals surface area contributed by atoms with Crippen LogP contribution in [0.4, 0.5) is 19.0 Å². The lowest BCUT2D eigenvalue weighted by atomic mass is 10.00. The summed E-state index contributed by atoms with van der Waals surface area (Å²) >= 11 is 0. The number of aromatic amines is 1. The zero-order valence-electron chi connectivity index (χ0n) is 12.0. The number of rotatable bonds is 2. The number of nitrogens with one attached hydrogen (secondary N) is 1. The molecular formula is C16H13F3N4. The number of nitrogen functional groups attached to an aromatic ring is 1. The molecule has 2 heterocycles. The first-order valence-corrected chi connectivity index (χ1v) is 7.25. The van der Waals surface area contributed by atoms with Crippen molar-refractivity contribution in [2.45, 2.75) is 24.9 Å². The standard InChI is InChI=1S/C16H13F3N4/c17-16(18,19)10-5-3-8(4-6-10)11-7-12(9-1-2-9)21-15-13(11)14(20)22-23-15/h3-7,9H,1-2H2,(H3,20,21,22,23). The molecule has 4 nitrogen and oxygen atoms in total. The van der Waals surface area contributed by atoms with Gasteiger partial charge in [-0.1, -0.05) is 12.1 Å². The van der Waals surface area contributed by atoms with E-state index in [-0.39, 0.29) is 0 Å². The predicted octanol–water partition coefficient (Wildman–Crippen LogP) is 4.10. The van der Waals surface area contributed by atoms with Gasteiger partial charge < -0.3 is 5.73 Å². The van der Waals surface area contributed by atoms with E-state index in [4.69, 9.17) is 5.73 Å². The third-order valence-corrected chi connectivity index (χ3v) is 4.09. The van der Waals surface area contributed by atoms with Gasteiger partial charge in [0.25, 0.3) is 0 Å². The van der Waals surface area contributed by atoms with Gasteiger partial charge in [-0.05, 0) is 42.2 Å². The van der Waals surface area contributed by atoms with E-state index in [1.54, 1.807) is 0 Å². The molecule has 23 heavy (non-hydrogen) atoms. The number of fused-ring (bicyclic) bond motifs is 1. The number of halogens is 3. The van der Waals surface area contributed by atoms with Crippen molar-refractivity contribution >= 4 is 16.9 Å². The molecule has 0 aliphatic heterocycles. The maximum absolute atomic E-state index is 12.7. The van der Waals surface area contributed by atoms with Gasteiger partial charge in [-0.3, -0.25) is 5.10 Å². The number of anilines is 1. The lowest BCUT2D eigenvalue weighted by Crippen LogP contribution is -2.04. The van der Waals surface area contributed by atoms with Crippen molar-refractivity contribution in [3.63, 3.8) is 0 Å². The SMILES string of the molecule is Nc1[nH]nc2nc(C3CC3)cc(-c3ccc(C(F)(F)F)cc3)c12. The second kappa shape index (κ2) is 4.71. The summed E-state index contributed by atoms with van der Waals surface area (Å²) in [6, 6.07) is 6.99. The maximum Gasteiger partial charge on any atom is 0.416 e. The number of pyridine rings is 1. The van der Waals surface area contributed by atoms with Gasteiger partial charge in [0.2, 0.25) is 0 Å². The van der Waals surface area contributed by atoms with Crippen LogP contribution in [-0.2, 0) is 6.18 Å². The largest absolute Gasteiger partial charge is 0.416 e. The molecule has 0 amide bonds. The van der Waals surface area contributed by atoms with Crippen LogP contribution < -0.4 is 5.73 Å². The second-order valence-electron chi connectivity index (χ2n) is 5.78. The van der Waals surface area contributed by atoms with Gasteiger partial charge >= 0.3 is 6.18 Å². The maximum atomic E-state index is 12.7. The Labute approximate surface area is 129 Å². The molecule has 1 saturated carbocycles. The van der Waals surface area contributed by atoms with Gasteiger partial charge in [-0.25, -0.2) is 4.98 Å². The molecule has 0 saturated heterocycles. The molecule has 7 heteroatoms. The minimum atomic E-state index is -4.35. The van der Waals surface area contributed by atoms with E-state index in [0.29, 0.717) is 28.3 Å². The van der Waals surface area contributed by atoms with Gasteiger partial charge in [0.15, 0.2) is 5.65 Å². The first kappa shape index (κ1) is 14.0. The Kier molecular flexibility index (Phi) is 2.88. The van der Waals surface area contributed by atoms with Crippen LogP contribution in [0.15, 0.2) is 30.3 Å². The third-order valence-electron chi connectivity index (χ3n) is 4.09. The molecule has 0 unspecified atom stereocenters. The summed E-state index contributed by atoms with van der Waals surface area (Å²) in [7, 11) is 0. The lowest BCUT2D eigenvalue weighted by Gasteiger charge is -2.10. The third kappa shape index (κ3) is 2.42. The molecule has 0 spiro atoms. The van der Waals surface area contributed by atoms with Crippen molar-refractivity contribution in [1.82, 2.24) is 15.2 Å². The average Bonchev–Trinajstić information content (AvgIpc) is 3.30. The number of aromatic nitrogens is 3. The number of benzene rings is 1. The number of nitrogens with two attached hydrogens (primary N) is 1. The smallest absolute Gasteiger partial charge is 0.383 e. The Hall–Kier alpha value is -2.57. The summed E-state index contributed by atoms with van der Waals surface area (Å²) in [5.41, 5.74) is 8.09. The van der Waals surface area contributed by atoms with E-state index in [1.807, 2.05) is 6.07 Å². The summed E-state index contributed by atoms with van der Waals surface area (Å²) in [4.78, 5) is 4.50. The van der Waals surface area contributed by atoms with Gasteiger partial charge in [-0.2, -0.15) is 18.3 Å². The van der Waals surface area contributed by atoms with Crippen LogP contribution in [0.2, 0.25) is 0 Å². The number of hydrogen-bond donors (Lipinski definition) is 2. The predicted molar refractivity (Wildman–Crippen MR) is 80.7 cm³/mol. The highest BCUT2D eigenvalue weighted by molar-refractivity contribution is 6.00. The van der Waals surface area contributed by atoms with Crippen molar-refractivity contribution in [3.8, 4) is 11.1 Å². The summed E-state index contributed by atoms with van der Waals surface area (Å²) in [5.74, 6) is 0.773. The van der Waals surface area contributed by atoms with E-state index >= 15 is 0 Å². The number of alkyl halides is 3. The minimum absolute atomic E-state index is 0.366. The van der Waals surface area contributed by atoms with E-state index in [1.165, 1.54) is 12.1 Å². The Balaban J connectivity index is 1.88. The molecule has 1 fully saturated rings. The van der Waals surface area contributed by atoms with E-state index in [0.717, 1.165) is 36.2 Å². The lowest BCUT2D eigenvalue weighted by molar-refractivity contribution is -0.137. The molecule has 2 aromatic heterocycles. The highest BCUT2D eigenvalue weighted by Gasteiger charge is 2.30. The highest BCUT2D eigenvalue weighted by Crippen LogP contribution is 2.42. The van der Waals surface area contributed by atoms with Crippen LogP contribution >= 0.6 is 0 Å². The van der Waals surface area contributed by atoms with Crippen molar-refractivity contribution in [2.75, 3.05) is 5.73 Å².